The molecule has 3 aliphatic rings. The fourth-order valence-corrected chi connectivity index (χ4v) is 4.35. The molecule has 2 heterocycles. The van der Waals surface area contributed by atoms with Crippen molar-refractivity contribution in [3.05, 3.63) is 35.4 Å². The van der Waals surface area contributed by atoms with Crippen molar-refractivity contribution in [2.24, 2.45) is 5.41 Å². The van der Waals surface area contributed by atoms with Crippen LogP contribution in [0.4, 0.5) is 0 Å². The lowest BCUT2D eigenvalue weighted by atomic mass is 9.69. The van der Waals surface area contributed by atoms with Crippen LogP contribution in [-0.2, 0) is 22.4 Å². The first-order chi connectivity index (χ1) is 11.1. The maximum absolute atomic E-state index is 12.9. The molecule has 2 spiro atoms. The van der Waals surface area contributed by atoms with Crippen LogP contribution in [-0.4, -0.2) is 36.1 Å². The van der Waals surface area contributed by atoms with Crippen LogP contribution < -0.4 is 0 Å². The zero-order valence-electron chi connectivity index (χ0n) is 14.1. The van der Waals surface area contributed by atoms with Crippen LogP contribution >= 0.6 is 0 Å². The van der Waals surface area contributed by atoms with Gasteiger partial charge in [-0.05, 0) is 56.1 Å². The molecule has 1 aromatic rings. The van der Waals surface area contributed by atoms with Crippen molar-refractivity contribution in [1.82, 2.24) is 4.90 Å². The summed E-state index contributed by atoms with van der Waals surface area (Å²) in [7, 11) is 0. The standard InChI is InChI=1S/C20H27NO2/c1-2-16-3-5-17(6-4-16)7-13-21-14-12-19(18(21)22)8-10-20(11-9-19)15-23-20/h3-6H,2,7-15H2,1H3/t19-,20-. The summed E-state index contributed by atoms with van der Waals surface area (Å²) in [5.41, 5.74) is 2.84. The first-order valence-corrected chi connectivity index (χ1v) is 9.16. The molecule has 0 aromatic heterocycles. The number of benzene rings is 1. The van der Waals surface area contributed by atoms with Crippen molar-refractivity contribution in [3.63, 3.8) is 0 Å². The summed E-state index contributed by atoms with van der Waals surface area (Å²) >= 11 is 0. The van der Waals surface area contributed by atoms with Gasteiger partial charge in [-0.1, -0.05) is 31.2 Å². The topological polar surface area (TPSA) is 32.8 Å². The number of likely N-dealkylation sites (tertiary alicyclic amines) is 1. The molecule has 4 rings (SSSR count). The summed E-state index contributed by atoms with van der Waals surface area (Å²) in [6, 6.07) is 8.84. The van der Waals surface area contributed by atoms with Gasteiger partial charge in [0.25, 0.3) is 0 Å². The monoisotopic (exact) mass is 313 g/mol. The highest BCUT2D eigenvalue weighted by Gasteiger charge is 2.56. The Bertz CT molecular complexity index is 578. The lowest BCUT2D eigenvalue weighted by Gasteiger charge is -2.34. The van der Waals surface area contributed by atoms with Crippen LogP contribution in [0.3, 0.4) is 0 Å². The van der Waals surface area contributed by atoms with E-state index < -0.39 is 0 Å². The zero-order valence-corrected chi connectivity index (χ0v) is 14.1. The van der Waals surface area contributed by atoms with Crippen LogP contribution in [0.2, 0.25) is 0 Å². The fraction of sp³-hybridized carbons (Fsp3) is 0.650. The normalized spacial score (nSPS) is 32.9. The molecule has 2 aliphatic heterocycles. The van der Waals surface area contributed by atoms with Crippen molar-refractivity contribution < 1.29 is 9.53 Å². The van der Waals surface area contributed by atoms with Crippen LogP contribution in [0.5, 0.6) is 0 Å². The minimum absolute atomic E-state index is 0.0523. The number of carbonyl (C=O) groups is 1. The number of rotatable bonds is 4. The Morgan fingerprint density at radius 3 is 2.30 bits per heavy atom. The third kappa shape index (κ3) is 2.80. The molecule has 23 heavy (non-hydrogen) atoms. The van der Waals surface area contributed by atoms with Crippen molar-refractivity contribution in [2.75, 3.05) is 19.7 Å². The molecule has 0 N–H and O–H groups in total. The Labute approximate surface area is 139 Å². The summed E-state index contributed by atoms with van der Waals surface area (Å²) in [6.45, 7) is 4.92. The average molecular weight is 313 g/mol. The van der Waals surface area contributed by atoms with Crippen LogP contribution in [0, 0.1) is 5.41 Å². The third-order valence-corrected chi connectivity index (χ3v) is 6.37. The number of hydrogen-bond donors (Lipinski definition) is 0. The first-order valence-electron chi connectivity index (χ1n) is 9.16. The van der Waals surface area contributed by atoms with Gasteiger partial charge in [0.15, 0.2) is 0 Å². The van der Waals surface area contributed by atoms with Gasteiger partial charge in [-0.15, -0.1) is 0 Å². The van der Waals surface area contributed by atoms with E-state index in [4.69, 9.17) is 4.74 Å². The molecule has 1 amide bonds. The molecule has 1 saturated carbocycles. The van der Waals surface area contributed by atoms with E-state index in [9.17, 15) is 4.79 Å². The summed E-state index contributed by atoms with van der Waals surface area (Å²) in [5, 5.41) is 0. The number of ether oxygens (including phenoxy) is 1. The van der Waals surface area contributed by atoms with Gasteiger partial charge in [-0.3, -0.25) is 4.79 Å². The van der Waals surface area contributed by atoms with Crippen LogP contribution in [0.1, 0.15) is 50.2 Å². The summed E-state index contributed by atoms with van der Waals surface area (Å²) in [5.74, 6) is 0.415. The molecule has 3 heteroatoms. The van der Waals surface area contributed by atoms with Gasteiger partial charge in [-0.2, -0.15) is 0 Å². The Hall–Kier alpha value is -1.35. The van der Waals surface area contributed by atoms with E-state index in [0.717, 1.165) is 64.6 Å². The van der Waals surface area contributed by atoms with Gasteiger partial charge in [0.1, 0.15) is 0 Å². The van der Waals surface area contributed by atoms with Gasteiger partial charge in [0.05, 0.1) is 17.6 Å². The Morgan fingerprint density at radius 1 is 1.04 bits per heavy atom. The Kier molecular flexibility index (Phi) is 3.72. The molecule has 0 atom stereocenters. The van der Waals surface area contributed by atoms with Crippen LogP contribution in [0.15, 0.2) is 24.3 Å². The lowest BCUT2D eigenvalue weighted by Crippen LogP contribution is -2.39. The number of epoxide rings is 1. The number of hydrogen-bond acceptors (Lipinski definition) is 2. The zero-order chi connectivity index (χ0) is 15.9. The maximum atomic E-state index is 12.9. The highest BCUT2D eigenvalue weighted by molar-refractivity contribution is 5.85. The predicted octanol–water partition coefficient (Wildman–Crippen LogP) is 3.35. The first kappa shape index (κ1) is 15.2. The molecule has 124 valence electrons. The van der Waals surface area contributed by atoms with Gasteiger partial charge in [0.2, 0.25) is 5.91 Å². The summed E-state index contributed by atoms with van der Waals surface area (Å²) in [6.07, 6.45) is 7.35. The van der Waals surface area contributed by atoms with Gasteiger partial charge in [0, 0.05) is 13.1 Å². The van der Waals surface area contributed by atoms with E-state index in [1.807, 2.05) is 0 Å². The van der Waals surface area contributed by atoms with Crippen molar-refractivity contribution in [2.45, 2.75) is 57.5 Å². The van der Waals surface area contributed by atoms with Crippen LogP contribution in [0.25, 0.3) is 0 Å². The number of amides is 1. The molecule has 3 nitrogen and oxygen atoms in total. The largest absolute Gasteiger partial charge is 0.370 e. The Morgan fingerprint density at radius 2 is 1.70 bits per heavy atom. The Balaban J connectivity index is 1.34. The average Bonchev–Trinajstić information content (AvgIpc) is 3.29. The fourth-order valence-electron chi connectivity index (χ4n) is 4.35. The van der Waals surface area contributed by atoms with E-state index in [0.29, 0.717) is 5.91 Å². The van der Waals surface area contributed by atoms with Gasteiger partial charge in [-0.25, -0.2) is 0 Å². The van der Waals surface area contributed by atoms with E-state index in [2.05, 4.69) is 36.1 Å². The second-order valence-corrected chi connectivity index (χ2v) is 7.71. The number of aryl methyl sites for hydroxylation is 1. The van der Waals surface area contributed by atoms with Crippen molar-refractivity contribution >= 4 is 5.91 Å². The molecule has 2 saturated heterocycles. The molecule has 3 fully saturated rings. The molecular weight excluding hydrogens is 286 g/mol. The van der Waals surface area contributed by atoms with E-state index in [1.165, 1.54) is 11.1 Å². The summed E-state index contributed by atoms with van der Waals surface area (Å²) < 4.78 is 5.60. The predicted molar refractivity (Wildman–Crippen MR) is 90.3 cm³/mol. The quantitative estimate of drug-likeness (QED) is 0.799. The second kappa shape index (κ2) is 5.62. The smallest absolute Gasteiger partial charge is 0.228 e. The highest BCUT2D eigenvalue weighted by Crippen LogP contribution is 2.52. The van der Waals surface area contributed by atoms with Gasteiger partial charge >= 0.3 is 0 Å². The minimum Gasteiger partial charge on any atom is -0.370 e. The molecular formula is C20H27NO2. The van der Waals surface area contributed by atoms with E-state index in [-0.39, 0.29) is 11.0 Å². The molecule has 1 aliphatic carbocycles. The summed E-state index contributed by atoms with van der Waals surface area (Å²) in [4.78, 5) is 15.0. The lowest BCUT2D eigenvalue weighted by molar-refractivity contribution is -0.138. The maximum Gasteiger partial charge on any atom is 0.228 e. The van der Waals surface area contributed by atoms with E-state index >= 15 is 0 Å². The molecule has 0 radical (unpaired) electrons. The number of nitrogens with zero attached hydrogens (tertiary/aromatic N) is 1. The van der Waals surface area contributed by atoms with Crippen molar-refractivity contribution in [1.29, 1.82) is 0 Å². The number of carbonyl (C=O) groups excluding carboxylic acids is 1. The molecule has 0 unspecified atom stereocenters. The SMILES string of the molecule is CCc1ccc(CCN2CC[C@]3(CC[C@@]4(CC3)CO4)C2=O)cc1. The second-order valence-electron chi connectivity index (χ2n) is 7.71. The molecule has 0 bridgehead atoms. The minimum atomic E-state index is -0.0523. The molecule has 1 aromatic carbocycles. The van der Waals surface area contributed by atoms with E-state index in [1.54, 1.807) is 0 Å². The third-order valence-electron chi connectivity index (χ3n) is 6.37. The van der Waals surface area contributed by atoms with Gasteiger partial charge < -0.3 is 9.64 Å². The van der Waals surface area contributed by atoms with Crippen molar-refractivity contribution in [3.8, 4) is 0 Å². The highest BCUT2D eigenvalue weighted by atomic mass is 16.6.